The lowest BCUT2D eigenvalue weighted by molar-refractivity contribution is 0.143. The summed E-state index contributed by atoms with van der Waals surface area (Å²) >= 11 is 0. The molecular weight excluding hydrogens is 168 g/mol. The maximum absolute atomic E-state index is 10.9. The lowest BCUT2D eigenvalue weighted by atomic mass is 10.2. The summed E-state index contributed by atoms with van der Waals surface area (Å²) in [6.07, 6.45) is 1.41. The van der Waals surface area contributed by atoms with Crippen LogP contribution >= 0.6 is 0 Å². The average molecular weight is 188 g/mol. The van der Waals surface area contributed by atoms with E-state index in [1.165, 1.54) is 0 Å². The molecule has 0 aromatic carbocycles. The summed E-state index contributed by atoms with van der Waals surface area (Å²) in [5.41, 5.74) is 5.29. The van der Waals surface area contributed by atoms with Crippen LogP contribution in [0.3, 0.4) is 0 Å². The van der Waals surface area contributed by atoms with Crippen molar-refractivity contribution in [1.82, 2.24) is 5.32 Å². The largest absolute Gasteiger partial charge is 0.450 e. The predicted molar refractivity (Wildman–Crippen MR) is 52.5 cm³/mol. The number of nitrogens with one attached hydrogen (secondary N) is 1. The summed E-state index contributed by atoms with van der Waals surface area (Å²) in [5, 5.41) is 2.67. The third-order valence-electron chi connectivity index (χ3n) is 1.49. The SMILES string of the molecule is CC(C)CNC(=O)OCCCCN. The van der Waals surface area contributed by atoms with E-state index < -0.39 is 0 Å². The van der Waals surface area contributed by atoms with Crippen molar-refractivity contribution in [2.45, 2.75) is 26.7 Å². The number of rotatable bonds is 6. The molecule has 3 N–H and O–H groups in total. The van der Waals surface area contributed by atoms with Crippen LogP contribution in [0.15, 0.2) is 0 Å². The van der Waals surface area contributed by atoms with E-state index in [2.05, 4.69) is 5.32 Å². The molecule has 0 bridgehead atoms. The van der Waals surface area contributed by atoms with Crippen LogP contribution in [-0.4, -0.2) is 25.8 Å². The zero-order valence-corrected chi connectivity index (χ0v) is 8.51. The van der Waals surface area contributed by atoms with E-state index in [0.717, 1.165) is 12.8 Å². The Morgan fingerprint density at radius 1 is 1.46 bits per heavy atom. The Bertz CT molecular complexity index is 138. The van der Waals surface area contributed by atoms with Crippen molar-refractivity contribution >= 4 is 6.09 Å². The molecule has 4 nitrogen and oxygen atoms in total. The maximum Gasteiger partial charge on any atom is 0.407 e. The molecule has 0 saturated carbocycles. The van der Waals surface area contributed by atoms with E-state index in [0.29, 0.717) is 25.6 Å². The first-order chi connectivity index (χ1) is 6.16. The van der Waals surface area contributed by atoms with Gasteiger partial charge in [0, 0.05) is 6.54 Å². The van der Waals surface area contributed by atoms with Gasteiger partial charge in [-0.25, -0.2) is 4.79 Å². The molecule has 1 amide bonds. The number of unbranched alkanes of at least 4 members (excludes halogenated alkanes) is 1. The third-order valence-corrected chi connectivity index (χ3v) is 1.49. The average Bonchev–Trinajstić information content (AvgIpc) is 2.09. The number of ether oxygens (including phenoxy) is 1. The molecule has 0 fully saturated rings. The first-order valence-electron chi connectivity index (χ1n) is 4.77. The highest BCUT2D eigenvalue weighted by molar-refractivity contribution is 5.66. The molecule has 13 heavy (non-hydrogen) atoms. The fraction of sp³-hybridized carbons (Fsp3) is 0.889. The van der Waals surface area contributed by atoms with Crippen LogP contribution in [-0.2, 0) is 4.74 Å². The van der Waals surface area contributed by atoms with E-state index in [-0.39, 0.29) is 6.09 Å². The molecule has 0 aromatic heterocycles. The minimum atomic E-state index is -0.328. The normalized spacial score (nSPS) is 10.2. The van der Waals surface area contributed by atoms with Crippen LogP contribution < -0.4 is 11.1 Å². The summed E-state index contributed by atoms with van der Waals surface area (Å²) in [6.45, 7) is 5.84. The highest BCUT2D eigenvalue weighted by Crippen LogP contribution is 1.90. The number of hydrogen-bond acceptors (Lipinski definition) is 3. The predicted octanol–water partition coefficient (Wildman–Crippen LogP) is 1.11. The van der Waals surface area contributed by atoms with Crippen LogP contribution in [0.25, 0.3) is 0 Å². The quantitative estimate of drug-likeness (QED) is 0.614. The summed E-state index contributed by atoms with van der Waals surface area (Å²) in [4.78, 5) is 10.9. The Labute approximate surface area is 79.8 Å². The van der Waals surface area contributed by atoms with Gasteiger partial charge in [-0.1, -0.05) is 13.8 Å². The van der Waals surface area contributed by atoms with Crippen molar-refractivity contribution < 1.29 is 9.53 Å². The molecule has 0 atom stereocenters. The molecule has 0 aliphatic heterocycles. The van der Waals surface area contributed by atoms with Crippen LogP contribution in [0.4, 0.5) is 4.79 Å². The fourth-order valence-electron chi connectivity index (χ4n) is 0.750. The van der Waals surface area contributed by atoms with Crippen LogP contribution in [0.1, 0.15) is 26.7 Å². The molecule has 0 unspecified atom stereocenters. The number of amides is 1. The van der Waals surface area contributed by atoms with Crippen molar-refractivity contribution in [3.8, 4) is 0 Å². The van der Waals surface area contributed by atoms with Crippen molar-refractivity contribution in [3.63, 3.8) is 0 Å². The number of carbonyl (C=O) groups is 1. The topological polar surface area (TPSA) is 64.3 Å². The Hall–Kier alpha value is -0.770. The summed E-state index contributed by atoms with van der Waals surface area (Å²) in [6, 6.07) is 0. The zero-order chi connectivity index (χ0) is 10.1. The van der Waals surface area contributed by atoms with E-state index >= 15 is 0 Å². The molecule has 0 radical (unpaired) electrons. The van der Waals surface area contributed by atoms with Gasteiger partial charge in [0.1, 0.15) is 0 Å². The van der Waals surface area contributed by atoms with E-state index in [1.54, 1.807) is 0 Å². The molecule has 4 heteroatoms. The number of alkyl carbamates (subject to hydrolysis) is 1. The van der Waals surface area contributed by atoms with E-state index in [4.69, 9.17) is 10.5 Å². The molecular formula is C9H20N2O2. The van der Waals surface area contributed by atoms with Crippen molar-refractivity contribution in [1.29, 1.82) is 0 Å². The summed E-state index contributed by atoms with van der Waals surface area (Å²) in [5.74, 6) is 0.455. The van der Waals surface area contributed by atoms with Gasteiger partial charge in [-0.3, -0.25) is 0 Å². The second kappa shape index (κ2) is 7.86. The first kappa shape index (κ1) is 12.2. The van der Waals surface area contributed by atoms with E-state index in [1.807, 2.05) is 13.8 Å². The highest BCUT2D eigenvalue weighted by atomic mass is 16.5. The van der Waals surface area contributed by atoms with Gasteiger partial charge in [-0.2, -0.15) is 0 Å². The molecule has 0 saturated heterocycles. The Balaban J connectivity index is 3.20. The molecule has 0 spiro atoms. The Morgan fingerprint density at radius 3 is 2.69 bits per heavy atom. The third kappa shape index (κ3) is 9.14. The molecule has 0 aromatic rings. The minimum absolute atomic E-state index is 0.328. The van der Waals surface area contributed by atoms with Gasteiger partial charge in [0.05, 0.1) is 6.61 Å². The van der Waals surface area contributed by atoms with Crippen LogP contribution in [0.2, 0.25) is 0 Å². The fourth-order valence-corrected chi connectivity index (χ4v) is 0.750. The molecule has 0 aliphatic rings. The smallest absolute Gasteiger partial charge is 0.407 e. The number of carbonyl (C=O) groups excluding carboxylic acids is 1. The first-order valence-corrected chi connectivity index (χ1v) is 4.77. The second-order valence-corrected chi connectivity index (χ2v) is 3.41. The highest BCUT2D eigenvalue weighted by Gasteiger charge is 2.01. The number of nitrogens with two attached hydrogens (primary N) is 1. The van der Waals surface area contributed by atoms with Crippen LogP contribution in [0.5, 0.6) is 0 Å². The molecule has 0 rings (SSSR count). The van der Waals surface area contributed by atoms with Crippen molar-refractivity contribution in [2.24, 2.45) is 11.7 Å². The molecule has 0 aliphatic carbocycles. The van der Waals surface area contributed by atoms with Gasteiger partial charge < -0.3 is 15.8 Å². The van der Waals surface area contributed by atoms with Gasteiger partial charge >= 0.3 is 6.09 Å². The van der Waals surface area contributed by atoms with Crippen molar-refractivity contribution in [3.05, 3.63) is 0 Å². The maximum atomic E-state index is 10.9. The van der Waals surface area contributed by atoms with Gasteiger partial charge in [0.25, 0.3) is 0 Å². The zero-order valence-electron chi connectivity index (χ0n) is 8.51. The van der Waals surface area contributed by atoms with Gasteiger partial charge in [-0.05, 0) is 25.3 Å². The Morgan fingerprint density at radius 2 is 2.15 bits per heavy atom. The molecule has 0 heterocycles. The van der Waals surface area contributed by atoms with E-state index in [9.17, 15) is 4.79 Å². The van der Waals surface area contributed by atoms with Crippen LogP contribution in [0, 0.1) is 5.92 Å². The standard InChI is InChI=1S/C9H20N2O2/c1-8(2)7-11-9(12)13-6-4-3-5-10/h8H,3-7,10H2,1-2H3,(H,11,12). The van der Waals surface area contributed by atoms with Gasteiger partial charge in [0.2, 0.25) is 0 Å². The summed E-state index contributed by atoms with van der Waals surface area (Å²) in [7, 11) is 0. The Kier molecular flexibility index (Phi) is 7.39. The number of hydrogen-bond donors (Lipinski definition) is 2. The van der Waals surface area contributed by atoms with Crippen molar-refractivity contribution in [2.75, 3.05) is 19.7 Å². The molecule has 78 valence electrons. The minimum Gasteiger partial charge on any atom is -0.450 e. The second-order valence-electron chi connectivity index (χ2n) is 3.41. The lowest BCUT2D eigenvalue weighted by Crippen LogP contribution is -2.28. The summed E-state index contributed by atoms with van der Waals surface area (Å²) < 4.78 is 4.89. The van der Waals surface area contributed by atoms with Gasteiger partial charge in [0.15, 0.2) is 0 Å². The monoisotopic (exact) mass is 188 g/mol. The lowest BCUT2D eigenvalue weighted by Gasteiger charge is -2.08. The van der Waals surface area contributed by atoms with Gasteiger partial charge in [-0.15, -0.1) is 0 Å².